The van der Waals surface area contributed by atoms with Crippen LogP contribution in [0, 0.1) is 17.8 Å². The summed E-state index contributed by atoms with van der Waals surface area (Å²) in [5, 5.41) is 14.3. The predicted molar refractivity (Wildman–Crippen MR) is 211 cm³/mol. The Bertz CT molecular complexity index is 2130. The van der Waals surface area contributed by atoms with Crippen molar-refractivity contribution in [3.8, 4) is 11.6 Å². The summed E-state index contributed by atoms with van der Waals surface area (Å²) in [6, 6.07) is 1.07. The lowest BCUT2D eigenvalue weighted by Gasteiger charge is -2.40. The summed E-state index contributed by atoms with van der Waals surface area (Å²) in [4.78, 5) is 63.9. The second-order valence-electron chi connectivity index (χ2n) is 17.1. The van der Waals surface area contributed by atoms with Gasteiger partial charge in [-0.25, -0.2) is 13.2 Å². The van der Waals surface area contributed by atoms with Crippen LogP contribution in [-0.2, 0) is 24.4 Å². The van der Waals surface area contributed by atoms with Gasteiger partial charge < -0.3 is 29.7 Å². The lowest BCUT2D eigenvalue weighted by atomic mass is 9.86. The zero-order valence-corrected chi connectivity index (χ0v) is 35.0. The van der Waals surface area contributed by atoms with Crippen LogP contribution < -0.4 is 24.4 Å². The minimum atomic E-state index is -5.04. The van der Waals surface area contributed by atoms with Gasteiger partial charge in [-0.2, -0.15) is 18.2 Å². The topological polar surface area (TPSA) is 188 Å². The molecule has 0 radical (unpaired) electrons. The summed E-state index contributed by atoms with van der Waals surface area (Å²) in [6.45, 7) is 5.21. The SMILES string of the molecule is COc1ccc2c(O[C@@H]3C[C@H]4C(=O)N[C@]5(C(=O)NS(=O)(=O)C6(C)CC6)C[C@H]5C=CCC[C@@H](C)C[C@@H](C)[C@H](N(C(=O)O)[C@H](C)C(F)(F)F)C(=O)N4C3)nc(N(C)C)cc2c1. The number of aromatic nitrogens is 1. The van der Waals surface area contributed by atoms with E-state index in [1.54, 1.807) is 43.3 Å². The fourth-order valence-corrected chi connectivity index (χ4v) is 9.56. The third kappa shape index (κ3) is 8.75. The van der Waals surface area contributed by atoms with Crippen LogP contribution in [0.3, 0.4) is 0 Å². The maximum Gasteiger partial charge on any atom is 0.408 e. The first-order valence-corrected chi connectivity index (χ1v) is 21.3. The monoisotopic (exact) mass is 850 g/mol. The Kier molecular flexibility index (Phi) is 11.9. The Morgan fingerprint density at radius 2 is 1.83 bits per heavy atom. The number of nitrogens with zero attached hydrogens (tertiary/aromatic N) is 4. The van der Waals surface area contributed by atoms with Gasteiger partial charge in [0.15, 0.2) is 0 Å². The molecule has 2 saturated carbocycles. The molecule has 4 amide bonds. The van der Waals surface area contributed by atoms with Crippen molar-refractivity contribution < 1.29 is 55.3 Å². The molecular formula is C40H53F3N6O9S. The number of hydrogen-bond acceptors (Lipinski definition) is 10. The highest BCUT2D eigenvalue weighted by Crippen LogP contribution is 2.48. The van der Waals surface area contributed by atoms with E-state index >= 15 is 0 Å². The summed E-state index contributed by atoms with van der Waals surface area (Å²) in [5.74, 6) is -3.39. The lowest BCUT2D eigenvalue weighted by molar-refractivity contribution is -0.184. The van der Waals surface area contributed by atoms with Gasteiger partial charge in [-0.3, -0.25) is 24.0 Å². The number of rotatable bonds is 9. The average Bonchev–Trinajstić information content (AvgIpc) is 4.03. The van der Waals surface area contributed by atoms with Crippen LogP contribution in [-0.4, -0.2) is 121 Å². The average molecular weight is 851 g/mol. The first-order chi connectivity index (χ1) is 27.5. The molecule has 2 aliphatic carbocycles. The Morgan fingerprint density at radius 3 is 2.44 bits per heavy atom. The van der Waals surface area contributed by atoms with Crippen LogP contribution in [0.2, 0.25) is 0 Å². The minimum Gasteiger partial charge on any atom is -0.497 e. The Balaban J connectivity index is 1.43. The zero-order valence-electron chi connectivity index (χ0n) is 34.2. The summed E-state index contributed by atoms with van der Waals surface area (Å²) in [5.41, 5.74) is -1.72. The first-order valence-electron chi connectivity index (χ1n) is 19.8. The number of carboxylic acid groups (broad SMARTS) is 1. The normalized spacial score (nSPS) is 28.9. The van der Waals surface area contributed by atoms with Crippen molar-refractivity contribution in [3.63, 3.8) is 0 Å². The van der Waals surface area contributed by atoms with Crippen LogP contribution in [0.25, 0.3) is 10.8 Å². The lowest BCUT2D eigenvalue weighted by Crippen LogP contribution is -2.62. The highest BCUT2D eigenvalue weighted by molar-refractivity contribution is 7.91. The molecular weight excluding hydrogens is 798 g/mol. The highest BCUT2D eigenvalue weighted by atomic mass is 32.2. The highest BCUT2D eigenvalue weighted by Gasteiger charge is 2.63. The van der Waals surface area contributed by atoms with Crippen molar-refractivity contribution in [1.82, 2.24) is 24.8 Å². The van der Waals surface area contributed by atoms with Gasteiger partial charge in [0, 0.05) is 31.8 Å². The molecule has 2 aromatic rings. The van der Waals surface area contributed by atoms with Gasteiger partial charge in [0.05, 0.1) is 18.4 Å². The number of anilines is 1. The number of halogens is 3. The molecule has 1 aromatic carbocycles. The molecule has 2 aliphatic heterocycles. The van der Waals surface area contributed by atoms with E-state index in [9.17, 15) is 45.9 Å². The molecule has 324 valence electrons. The number of carbonyl (C=O) groups is 4. The smallest absolute Gasteiger partial charge is 0.408 e. The second-order valence-corrected chi connectivity index (χ2v) is 19.3. The number of pyridine rings is 1. The first kappa shape index (κ1) is 43.8. The van der Waals surface area contributed by atoms with E-state index in [1.165, 1.54) is 21.0 Å². The predicted octanol–water partition coefficient (Wildman–Crippen LogP) is 4.84. The number of alkyl halides is 3. The number of benzene rings is 1. The van der Waals surface area contributed by atoms with E-state index in [0.29, 0.717) is 54.9 Å². The van der Waals surface area contributed by atoms with Gasteiger partial charge in [-0.05, 0) is 93.9 Å². The third-order valence-electron chi connectivity index (χ3n) is 12.3. The van der Waals surface area contributed by atoms with E-state index in [0.717, 1.165) is 4.90 Å². The van der Waals surface area contributed by atoms with E-state index in [2.05, 4.69) is 15.0 Å². The van der Waals surface area contributed by atoms with Gasteiger partial charge in [-0.15, -0.1) is 0 Å². The molecule has 4 aliphatic rings. The molecule has 0 unspecified atom stereocenters. The second kappa shape index (κ2) is 16.0. The number of ether oxygens (including phenoxy) is 2. The molecule has 3 N–H and O–H groups in total. The fourth-order valence-electron chi connectivity index (χ4n) is 8.25. The number of sulfonamides is 1. The van der Waals surface area contributed by atoms with Crippen molar-refractivity contribution >= 4 is 50.4 Å². The van der Waals surface area contributed by atoms with Crippen molar-refractivity contribution in [1.29, 1.82) is 0 Å². The van der Waals surface area contributed by atoms with Gasteiger partial charge in [0.25, 0.3) is 5.91 Å². The van der Waals surface area contributed by atoms with Crippen molar-refractivity contribution in [3.05, 3.63) is 36.4 Å². The molecule has 1 saturated heterocycles. The fraction of sp³-hybridized carbons (Fsp3) is 0.625. The number of carbonyl (C=O) groups excluding carboxylic acids is 3. The summed E-state index contributed by atoms with van der Waals surface area (Å²) >= 11 is 0. The van der Waals surface area contributed by atoms with Gasteiger partial charge >= 0.3 is 12.3 Å². The number of nitrogens with one attached hydrogen (secondary N) is 2. The largest absolute Gasteiger partial charge is 0.497 e. The third-order valence-corrected chi connectivity index (χ3v) is 14.5. The quantitative estimate of drug-likeness (QED) is 0.293. The molecule has 3 heterocycles. The maximum absolute atomic E-state index is 15.0. The van der Waals surface area contributed by atoms with E-state index in [1.807, 2.05) is 19.1 Å². The van der Waals surface area contributed by atoms with Crippen molar-refractivity contribution in [2.45, 2.75) is 113 Å². The van der Waals surface area contributed by atoms with Crippen molar-refractivity contribution in [2.24, 2.45) is 17.8 Å². The van der Waals surface area contributed by atoms with E-state index in [4.69, 9.17) is 9.47 Å². The minimum absolute atomic E-state index is 0.0513. The molecule has 15 nitrogen and oxygen atoms in total. The zero-order chi connectivity index (χ0) is 43.4. The van der Waals surface area contributed by atoms with Crippen molar-refractivity contribution in [2.75, 3.05) is 32.6 Å². The molecule has 3 fully saturated rings. The summed E-state index contributed by atoms with van der Waals surface area (Å²) < 4.78 is 82.5. The van der Waals surface area contributed by atoms with E-state index < -0.39 is 86.4 Å². The molecule has 19 heteroatoms. The number of methoxy groups -OCH3 is 1. The molecule has 6 rings (SSSR count). The van der Waals surface area contributed by atoms with Crippen LogP contribution in [0.15, 0.2) is 36.4 Å². The van der Waals surface area contributed by atoms with Gasteiger partial charge in [0.1, 0.15) is 41.3 Å². The summed E-state index contributed by atoms with van der Waals surface area (Å²) in [7, 11) is 0.941. The Hall–Kier alpha value is -4.81. The Morgan fingerprint density at radius 1 is 1.14 bits per heavy atom. The maximum atomic E-state index is 15.0. The molecule has 8 atom stereocenters. The van der Waals surface area contributed by atoms with E-state index in [-0.39, 0.29) is 42.5 Å². The standard InChI is InChI=1S/C40H53F3N6O9S/c1-22-10-8-9-11-26-20-39(26,36(52)46-59(55,56)38(4)14-15-38)45-33(50)30-19-28(58-34-29-13-12-27(57-7)17-25(29)18-31(44-34)47(5)6)21-48(30)35(51)32(23(2)16-22)49(37(53)54)24(3)40(41,42)43/h9,11-13,17-18,22-24,26,28,30,32H,8,10,14-16,19-21H2,1-7H3,(H,45,50)(H,46,52)(H,53,54)/t22-,23-,24-,26-,28-,30+,32+,39-/m1/s1. The molecule has 0 bridgehead atoms. The van der Waals surface area contributed by atoms with Gasteiger partial charge in [-0.1, -0.05) is 26.0 Å². The van der Waals surface area contributed by atoms with Crippen LogP contribution >= 0.6 is 0 Å². The van der Waals surface area contributed by atoms with Gasteiger partial charge in [0.2, 0.25) is 27.7 Å². The molecule has 0 spiro atoms. The summed E-state index contributed by atoms with van der Waals surface area (Å²) in [6.07, 6.45) is -2.76. The molecule has 1 aromatic heterocycles. The number of allylic oxidation sites excluding steroid dienone is 1. The number of fused-ring (bicyclic) bond motifs is 3. The van der Waals surface area contributed by atoms with Crippen LogP contribution in [0.1, 0.15) is 72.6 Å². The Labute approximate surface area is 341 Å². The number of amides is 4. The molecule has 59 heavy (non-hydrogen) atoms. The van der Waals surface area contributed by atoms with Crippen LogP contribution in [0.4, 0.5) is 23.8 Å². The number of hydrogen-bond donors (Lipinski definition) is 3. The van der Waals surface area contributed by atoms with Crippen LogP contribution in [0.5, 0.6) is 11.6 Å².